The van der Waals surface area contributed by atoms with Crippen molar-refractivity contribution in [3.63, 3.8) is 0 Å². The molecule has 2 N–H and O–H groups in total. The molecule has 0 bridgehead atoms. The normalized spacial score (nSPS) is 21.9. The average molecular weight is 270 g/mol. The Labute approximate surface area is 108 Å². The van der Waals surface area contributed by atoms with Crippen molar-refractivity contribution in [1.29, 1.82) is 0 Å². The first-order chi connectivity index (χ1) is 8.55. The van der Waals surface area contributed by atoms with Crippen LogP contribution >= 0.6 is 0 Å². The largest absolute Gasteiger partial charge is 0.399 e. The van der Waals surface area contributed by atoms with Crippen LogP contribution in [0.25, 0.3) is 0 Å². The Morgan fingerprint density at radius 1 is 1.39 bits per heavy atom. The van der Waals surface area contributed by atoms with Crippen LogP contribution in [-0.2, 0) is 14.8 Å². The van der Waals surface area contributed by atoms with E-state index in [2.05, 4.69) is 0 Å². The zero-order valence-corrected chi connectivity index (χ0v) is 11.2. The smallest absolute Gasteiger partial charge is 0.243 e. The van der Waals surface area contributed by atoms with E-state index in [9.17, 15) is 8.42 Å². The van der Waals surface area contributed by atoms with E-state index in [-0.39, 0.29) is 10.9 Å². The van der Waals surface area contributed by atoms with E-state index < -0.39 is 10.0 Å². The van der Waals surface area contributed by atoms with Gasteiger partial charge in [-0.2, -0.15) is 4.31 Å². The minimum absolute atomic E-state index is 0.0821. The fraction of sp³-hybridized carbons (Fsp3) is 0.500. The predicted molar refractivity (Wildman–Crippen MR) is 69.6 cm³/mol. The first-order valence-corrected chi connectivity index (χ1v) is 7.45. The van der Waals surface area contributed by atoms with Gasteiger partial charge in [0.2, 0.25) is 10.0 Å². The molecule has 5 nitrogen and oxygen atoms in total. The van der Waals surface area contributed by atoms with E-state index in [1.54, 1.807) is 24.3 Å². The van der Waals surface area contributed by atoms with Gasteiger partial charge in [0.25, 0.3) is 0 Å². The number of rotatable bonds is 3. The Morgan fingerprint density at radius 2 is 2.06 bits per heavy atom. The highest BCUT2D eigenvalue weighted by Crippen LogP contribution is 2.22. The predicted octanol–water partition coefficient (Wildman–Crippen LogP) is 1.07. The van der Waals surface area contributed by atoms with Crippen molar-refractivity contribution in [2.75, 3.05) is 25.5 Å². The van der Waals surface area contributed by atoms with Crippen molar-refractivity contribution in [2.45, 2.75) is 24.3 Å². The molecular formula is C12H18N2O3S. The van der Waals surface area contributed by atoms with Gasteiger partial charge < -0.3 is 10.5 Å². The van der Waals surface area contributed by atoms with Crippen LogP contribution in [-0.4, -0.2) is 38.5 Å². The number of sulfonamides is 1. The van der Waals surface area contributed by atoms with Gasteiger partial charge in [-0.1, -0.05) is 6.92 Å². The third-order valence-corrected chi connectivity index (χ3v) is 5.10. The van der Waals surface area contributed by atoms with Crippen molar-refractivity contribution in [2.24, 2.45) is 0 Å². The molecule has 100 valence electrons. The number of nitrogen functional groups attached to an aromatic ring is 1. The number of hydrogen-bond donors (Lipinski definition) is 1. The summed E-state index contributed by atoms with van der Waals surface area (Å²) in [6, 6.07) is 6.23. The van der Waals surface area contributed by atoms with Gasteiger partial charge in [-0.15, -0.1) is 0 Å². The molecule has 6 heteroatoms. The van der Waals surface area contributed by atoms with Crippen molar-refractivity contribution in [3.8, 4) is 0 Å². The van der Waals surface area contributed by atoms with Crippen LogP contribution in [0.5, 0.6) is 0 Å². The van der Waals surface area contributed by atoms with E-state index in [1.807, 2.05) is 6.92 Å². The van der Waals surface area contributed by atoms with E-state index in [0.29, 0.717) is 25.4 Å². The lowest BCUT2D eigenvalue weighted by atomic mass is 10.2. The van der Waals surface area contributed by atoms with Gasteiger partial charge in [0.1, 0.15) is 0 Å². The maximum Gasteiger partial charge on any atom is 0.243 e. The first kappa shape index (κ1) is 13.3. The van der Waals surface area contributed by atoms with Crippen molar-refractivity contribution < 1.29 is 13.2 Å². The second kappa shape index (κ2) is 5.26. The lowest BCUT2D eigenvalue weighted by molar-refractivity contribution is 0.0314. The van der Waals surface area contributed by atoms with Gasteiger partial charge in [0.15, 0.2) is 0 Å². The molecular weight excluding hydrogens is 252 g/mol. The third kappa shape index (κ3) is 2.50. The molecule has 1 saturated heterocycles. The quantitative estimate of drug-likeness (QED) is 0.834. The molecule has 1 atom stereocenters. The second-order valence-corrected chi connectivity index (χ2v) is 6.21. The first-order valence-electron chi connectivity index (χ1n) is 6.01. The maximum atomic E-state index is 12.5. The molecule has 1 aromatic rings. The highest BCUT2D eigenvalue weighted by Gasteiger charge is 2.32. The van der Waals surface area contributed by atoms with Crippen LogP contribution in [0.2, 0.25) is 0 Å². The van der Waals surface area contributed by atoms with Crippen LogP contribution in [0.3, 0.4) is 0 Å². The molecule has 1 fully saturated rings. The van der Waals surface area contributed by atoms with Crippen LogP contribution < -0.4 is 5.73 Å². The molecule has 1 unspecified atom stereocenters. The monoisotopic (exact) mass is 270 g/mol. The summed E-state index contributed by atoms with van der Waals surface area (Å²) in [5.41, 5.74) is 6.13. The van der Waals surface area contributed by atoms with Crippen LogP contribution in [0.15, 0.2) is 29.2 Å². The fourth-order valence-electron chi connectivity index (χ4n) is 2.05. The number of anilines is 1. The summed E-state index contributed by atoms with van der Waals surface area (Å²) in [5.74, 6) is 0. The SMILES string of the molecule is CCC1COCCN1S(=O)(=O)c1ccc(N)cc1. The van der Waals surface area contributed by atoms with Crippen LogP contribution in [0.1, 0.15) is 13.3 Å². The molecule has 0 amide bonds. The number of benzene rings is 1. The van der Waals surface area contributed by atoms with Gasteiger partial charge in [-0.05, 0) is 30.7 Å². The Balaban J connectivity index is 2.32. The summed E-state index contributed by atoms with van der Waals surface area (Å²) in [7, 11) is -3.44. The minimum Gasteiger partial charge on any atom is -0.399 e. The van der Waals surface area contributed by atoms with Gasteiger partial charge in [0, 0.05) is 18.3 Å². The topological polar surface area (TPSA) is 72.6 Å². The zero-order valence-electron chi connectivity index (χ0n) is 10.4. The molecule has 1 aliphatic rings. The summed E-state index contributed by atoms with van der Waals surface area (Å²) in [6.45, 7) is 3.28. The molecule has 0 radical (unpaired) electrons. The Bertz CT molecular complexity index is 499. The van der Waals surface area contributed by atoms with Crippen LogP contribution in [0, 0.1) is 0 Å². The molecule has 1 heterocycles. The molecule has 0 saturated carbocycles. The van der Waals surface area contributed by atoms with E-state index >= 15 is 0 Å². The number of morpholine rings is 1. The zero-order chi connectivity index (χ0) is 13.2. The summed E-state index contributed by atoms with van der Waals surface area (Å²) < 4.78 is 31.9. The number of nitrogens with zero attached hydrogens (tertiary/aromatic N) is 1. The highest BCUT2D eigenvalue weighted by molar-refractivity contribution is 7.89. The third-order valence-electron chi connectivity index (χ3n) is 3.13. The summed E-state index contributed by atoms with van der Waals surface area (Å²) in [6.07, 6.45) is 0.744. The van der Waals surface area contributed by atoms with Crippen molar-refractivity contribution in [1.82, 2.24) is 4.31 Å². The van der Waals surface area contributed by atoms with Gasteiger partial charge >= 0.3 is 0 Å². The van der Waals surface area contributed by atoms with Crippen LogP contribution in [0.4, 0.5) is 5.69 Å². The number of nitrogens with two attached hydrogens (primary N) is 1. The highest BCUT2D eigenvalue weighted by atomic mass is 32.2. The molecule has 1 aliphatic heterocycles. The molecule has 2 rings (SSSR count). The van der Waals surface area contributed by atoms with E-state index in [4.69, 9.17) is 10.5 Å². The van der Waals surface area contributed by atoms with Crippen molar-refractivity contribution >= 4 is 15.7 Å². The fourth-order valence-corrected chi connectivity index (χ4v) is 3.72. The molecule has 18 heavy (non-hydrogen) atoms. The van der Waals surface area contributed by atoms with E-state index in [0.717, 1.165) is 6.42 Å². The van der Waals surface area contributed by atoms with Gasteiger partial charge in [0.05, 0.1) is 18.1 Å². The van der Waals surface area contributed by atoms with Crippen molar-refractivity contribution in [3.05, 3.63) is 24.3 Å². The summed E-state index contributed by atoms with van der Waals surface area (Å²) in [4.78, 5) is 0.289. The molecule has 0 spiro atoms. The van der Waals surface area contributed by atoms with Gasteiger partial charge in [-0.25, -0.2) is 8.42 Å². The Morgan fingerprint density at radius 3 is 2.67 bits per heavy atom. The summed E-state index contributed by atoms with van der Waals surface area (Å²) >= 11 is 0. The Hall–Kier alpha value is -1.11. The number of hydrogen-bond acceptors (Lipinski definition) is 4. The second-order valence-electron chi connectivity index (χ2n) is 4.32. The number of ether oxygens (including phenoxy) is 1. The maximum absolute atomic E-state index is 12.5. The molecule has 1 aromatic carbocycles. The molecule has 0 aromatic heterocycles. The minimum atomic E-state index is -3.44. The summed E-state index contributed by atoms with van der Waals surface area (Å²) in [5, 5.41) is 0. The standard InChI is InChI=1S/C12H18N2O3S/c1-2-11-9-17-8-7-14(11)18(15,16)12-5-3-10(13)4-6-12/h3-6,11H,2,7-9,13H2,1H3. The van der Waals surface area contributed by atoms with Gasteiger partial charge in [-0.3, -0.25) is 0 Å². The van der Waals surface area contributed by atoms with E-state index in [1.165, 1.54) is 4.31 Å². The molecule has 0 aliphatic carbocycles. The average Bonchev–Trinajstić information content (AvgIpc) is 2.39. The lowest BCUT2D eigenvalue weighted by Gasteiger charge is -2.33. The Kier molecular flexibility index (Phi) is 3.89. The lowest BCUT2D eigenvalue weighted by Crippen LogP contribution is -2.48.